The van der Waals surface area contributed by atoms with Gasteiger partial charge in [-0.1, -0.05) is 11.8 Å². The number of hydrogen-bond acceptors (Lipinski definition) is 5. The number of sulfonamides is 1. The number of aromatic nitrogens is 1. The van der Waals surface area contributed by atoms with E-state index in [1.165, 1.54) is 18.5 Å². The second-order valence-corrected chi connectivity index (χ2v) is 6.71. The lowest BCUT2D eigenvalue weighted by molar-refractivity contribution is -0.125. The zero-order chi connectivity index (χ0) is 16.1. The van der Waals surface area contributed by atoms with Crippen molar-refractivity contribution in [3.63, 3.8) is 0 Å². The van der Waals surface area contributed by atoms with E-state index in [0.717, 1.165) is 0 Å². The highest BCUT2D eigenvalue weighted by molar-refractivity contribution is 7.89. The number of carbonyl (C=O) groups excluding carboxylic acids is 1. The van der Waals surface area contributed by atoms with Crippen molar-refractivity contribution < 1.29 is 18.3 Å². The van der Waals surface area contributed by atoms with Crippen LogP contribution in [0.3, 0.4) is 0 Å². The van der Waals surface area contributed by atoms with Crippen molar-refractivity contribution in [3.05, 3.63) is 24.0 Å². The van der Waals surface area contributed by atoms with Gasteiger partial charge in [0.15, 0.2) is 0 Å². The highest BCUT2D eigenvalue weighted by atomic mass is 32.2. The lowest BCUT2D eigenvalue weighted by Gasteiger charge is -2.20. The molecule has 0 saturated heterocycles. The first-order chi connectivity index (χ1) is 9.69. The lowest BCUT2D eigenvalue weighted by atomic mass is 9.93. The summed E-state index contributed by atoms with van der Waals surface area (Å²) in [5, 5.41) is 8.61. The van der Waals surface area contributed by atoms with Gasteiger partial charge in [-0.05, 0) is 19.9 Å². The quantitative estimate of drug-likeness (QED) is 0.615. The molecule has 0 bridgehead atoms. The Morgan fingerprint density at radius 1 is 1.48 bits per heavy atom. The summed E-state index contributed by atoms with van der Waals surface area (Å²) in [7, 11) is -3.83. The van der Waals surface area contributed by atoms with Gasteiger partial charge in [-0.15, -0.1) is 0 Å². The van der Waals surface area contributed by atoms with Crippen molar-refractivity contribution in [1.29, 1.82) is 0 Å². The molecule has 0 atom stereocenters. The molecule has 1 rings (SSSR count). The van der Waals surface area contributed by atoms with E-state index in [0.29, 0.717) is 5.56 Å². The summed E-state index contributed by atoms with van der Waals surface area (Å²) in [6.07, 6.45) is 2.55. The number of carbonyl (C=O) groups is 1. The third-order valence-electron chi connectivity index (χ3n) is 2.71. The molecule has 4 N–H and O–H groups in total. The van der Waals surface area contributed by atoms with Crippen molar-refractivity contribution >= 4 is 15.9 Å². The second kappa shape index (κ2) is 6.67. The molecule has 0 aliphatic carbocycles. The predicted octanol–water partition coefficient (Wildman–Crippen LogP) is -0.785. The molecule has 8 heteroatoms. The van der Waals surface area contributed by atoms with Gasteiger partial charge in [0, 0.05) is 24.5 Å². The van der Waals surface area contributed by atoms with Crippen LogP contribution in [-0.4, -0.2) is 37.6 Å². The normalized spacial score (nSPS) is 11.6. The molecule has 0 saturated carbocycles. The van der Waals surface area contributed by atoms with Gasteiger partial charge in [-0.2, -0.15) is 0 Å². The standard InChI is InChI=1S/C13H17N3O4S/c1-13(2,12(14)18)9-16-21(19,20)11-6-10(4-3-5-17)7-15-8-11/h6-8,16-17H,5,9H2,1-2H3,(H2,14,18). The second-order valence-electron chi connectivity index (χ2n) is 4.94. The highest BCUT2D eigenvalue weighted by Crippen LogP contribution is 2.15. The maximum absolute atomic E-state index is 12.1. The smallest absolute Gasteiger partial charge is 0.242 e. The van der Waals surface area contributed by atoms with Crippen LogP contribution in [0.2, 0.25) is 0 Å². The summed E-state index contributed by atoms with van der Waals surface area (Å²) >= 11 is 0. The van der Waals surface area contributed by atoms with Crippen LogP contribution in [0.5, 0.6) is 0 Å². The molecule has 0 radical (unpaired) electrons. The number of primary amides is 1. The molecular formula is C13H17N3O4S. The van der Waals surface area contributed by atoms with Crippen LogP contribution in [0, 0.1) is 17.3 Å². The molecule has 0 fully saturated rings. The van der Waals surface area contributed by atoms with Gasteiger partial charge >= 0.3 is 0 Å². The molecule has 1 amide bonds. The predicted molar refractivity (Wildman–Crippen MR) is 76.4 cm³/mol. The first kappa shape index (κ1) is 17.1. The van der Waals surface area contributed by atoms with E-state index in [1.807, 2.05) is 0 Å². The van der Waals surface area contributed by atoms with Gasteiger partial charge < -0.3 is 10.8 Å². The molecule has 0 unspecified atom stereocenters. The van der Waals surface area contributed by atoms with Crippen LogP contribution < -0.4 is 10.5 Å². The van der Waals surface area contributed by atoms with Gasteiger partial charge in [-0.3, -0.25) is 9.78 Å². The lowest BCUT2D eigenvalue weighted by Crippen LogP contribution is -2.42. The van der Waals surface area contributed by atoms with Crippen LogP contribution in [-0.2, 0) is 14.8 Å². The van der Waals surface area contributed by atoms with E-state index >= 15 is 0 Å². The minimum atomic E-state index is -3.83. The Morgan fingerprint density at radius 3 is 2.71 bits per heavy atom. The van der Waals surface area contributed by atoms with E-state index < -0.39 is 21.3 Å². The molecule has 0 aliphatic rings. The molecule has 1 heterocycles. The highest BCUT2D eigenvalue weighted by Gasteiger charge is 2.27. The Bertz CT molecular complexity index is 687. The summed E-state index contributed by atoms with van der Waals surface area (Å²) in [5.74, 6) is 4.37. The van der Waals surface area contributed by atoms with Gasteiger partial charge in [0.25, 0.3) is 0 Å². The SMILES string of the molecule is CC(C)(CNS(=O)(=O)c1cncc(C#CCO)c1)C(N)=O. The van der Waals surface area contributed by atoms with Gasteiger partial charge in [-0.25, -0.2) is 13.1 Å². The Morgan fingerprint density at radius 2 is 2.14 bits per heavy atom. The zero-order valence-corrected chi connectivity index (χ0v) is 12.6. The van der Waals surface area contributed by atoms with Crippen LogP contribution in [0.1, 0.15) is 19.4 Å². The van der Waals surface area contributed by atoms with E-state index in [2.05, 4.69) is 21.5 Å². The molecule has 114 valence electrons. The van der Waals surface area contributed by atoms with E-state index in [9.17, 15) is 13.2 Å². The fraction of sp³-hybridized carbons (Fsp3) is 0.385. The fourth-order valence-electron chi connectivity index (χ4n) is 1.22. The van der Waals surface area contributed by atoms with Crippen molar-refractivity contribution in [1.82, 2.24) is 9.71 Å². The summed E-state index contributed by atoms with van der Waals surface area (Å²) < 4.78 is 26.6. The first-order valence-electron chi connectivity index (χ1n) is 6.03. The third kappa shape index (κ3) is 4.82. The number of nitrogens with one attached hydrogen (secondary N) is 1. The Balaban J connectivity index is 2.96. The number of hydrogen-bond donors (Lipinski definition) is 3. The van der Waals surface area contributed by atoms with E-state index in [4.69, 9.17) is 10.8 Å². The van der Waals surface area contributed by atoms with Crippen LogP contribution >= 0.6 is 0 Å². The zero-order valence-electron chi connectivity index (χ0n) is 11.8. The van der Waals surface area contributed by atoms with Gasteiger partial charge in [0.05, 0.1) is 5.41 Å². The minimum Gasteiger partial charge on any atom is -0.384 e. The summed E-state index contributed by atoms with van der Waals surface area (Å²) in [4.78, 5) is 14.9. The molecule has 1 aromatic rings. The average Bonchev–Trinajstić information content (AvgIpc) is 2.43. The summed E-state index contributed by atoms with van der Waals surface area (Å²) in [6, 6.07) is 1.33. The summed E-state index contributed by atoms with van der Waals surface area (Å²) in [5.41, 5.74) is 4.55. The van der Waals surface area contributed by atoms with Gasteiger partial charge in [0.1, 0.15) is 11.5 Å². The number of aliphatic hydroxyl groups excluding tert-OH is 1. The molecule has 0 spiro atoms. The largest absolute Gasteiger partial charge is 0.384 e. The number of nitrogens with two attached hydrogens (primary N) is 1. The number of rotatable bonds is 5. The first-order valence-corrected chi connectivity index (χ1v) is 7.52. The maximum Gasteiger partial charge on any atom is 0.242 e. The van der Waals surface area contributed by atoms with E-state index in [1.54, 1.807) is 13.8 Å². The van der Waals surface area contributed by atoms with Crippen molar-refractivity contribution in [2.45, 2.75) is 18.7 Å². The van der Waals surface area contributed by atoms with Crippen LogP contribution in [0.25, 0.3) is 0 Å². The topological polar surface area (TPSA) is 122 Å². The van der Waals surface area contributed by atoms with Crippen molar-refractivity contribution in [2.24, 2.45) is 11.1 Å². The number of nitrogens with zero attached hydrogens (tertiary/aromatic N) is 1. The Labute approximate surface area is 123 Å². The maximum atomic E-state index is 12.1. The van der Waals surface area contributed by atoms with Crippen molar-refractivity contribution in [2.75, 3.05) is 13.2 Å². The molecule has 1 aromatic heterocycles. The number of amides is 1. The number of aliphatic hydroxyl groups is 1. The molecule has 7 nitrogen and oxygen atoms in total. The molecular weight excluding hydrogens is 294 g/mol. The molecule has 21 heavy (non-hydrogen) atoms. The summed E-state index contributed by atoms with van der Waals surface area (Å²) in [6.45, 7) is 2.62. The Hall–Kier alpha value is -1.95. The monoisotopic (exact) mass is 311 g/mol. The number of pyridine rings is 1. The van der Waals surface area contributed by atoms with Crippen molar-refractivity contribution in [3.8, 4) is 11.8 Å². The fourth-order valence-corrected chi connectivity index (χ4v) is 2.42. The third-order valence-corrected chi connectivity index (χ3v) is 4.07. The van der Waals surface area contributed by atoms with E-state index in [-0.39, 0.29) is 18.0 Å². The van der Waals surface area contributed by atoms with Crippen LogP contribution in [0.4, 0.5) is 0 Å². The minimum absolute atomic E-state index is 0.0764. The van der Waals surface area contributed by atoms with Crippen LogP contribution in [0.15, 0.2) is 23.4 Å². The molecule has 0 aromatic carbocycles. The van der Waals surface area contributed by atoms with Gasteiger partial charge in [0.2, 0.25) is 15.9 Å². The Kier molecular flexibility index (Phi) is 5.43. The average molecular weight is 311 g/mol. The molecule has 0 aliphatic heterocycles.